The van der Waals surface area contributed by atoms with Gasteiger partial charge in [0.1, 0.15) is 6.04 Å². The van der Waals surface area contributed by atoms with Crippen LogP contribution in [-0.4, -0.2) is 97.8 Å². The molecule has 1 fully saturated rings. The normalized spacial score (nSPS) is 17.8. The number of aliphatic hydroxyl groups is 1. The number of likely N-dealkylation sites (tertiary alicyclic amines) is 1. The van der Waals surface area contributed by atoms with Gasteiger partial charge in [-0.1, -0.05) is 71.0 Å². The standard InChI is InChI=1S/C29H50N4O4S/c1-8-23(4)28(31(6)24(5)20-32-16-12-13-17-32)29(35)30-26(18-25-14-10-9-11-15-25)27(34)21-33(19-22(2)3)38(7,36)37/h9-11,14-15,22-23,26-28,34H,5,8,12-13,16-21H2,1-4,6-7H3,(H,30,35). The van der Waals surface area contributed by atoms with Gasteiger partial charge in [-0.05, 0) is 49.8 Å². The Morgan fingerprint density at radius 2 is 1.74 bits per heavy atom. The van der Waals surface area contributed by atoms with Gasteiger partial charge in [0.25, 0.3) is 0 Å². The van der Waals surface area contributed by atoms with Crippen LogP contribution in [-0.2, 0) is 21.2 Å². The van der Waals surface area contributed by atoms with E-state index in [4.69, 9.17) is 0 Å². The fourth-order valence-electron chi connectivity index (χ4n) is 5.05. The van der Waals surface area contributed by atoms with Crippen molar-refractivity contribution in [2.45, 2.75) is 71.6 Å². The highest BCUT2D eigenvalue weighted by Crippen LogP contribution is 2.21. The number of carbonyl (C=O) groups is 1. The molecule has 9 heteroatoms. The van der Waals surface area contributed by atoms with E-state index in [9.17, 15) is 18.3 Å². The van der Waals surface area contributed by atoms with Gasteiger partial charge in [0.2, 0.25) is 15.9 Å². The minimum Gasteiger partial charge on any atom is -0.390 e. The van der Waals surface area contributed by atoms with Crippen LogP contribution >= 0.6 is 0 Å². The number of hydrogen-bond donors (Lipinski definition) is 2. The molecule has 4 atom stereocenters. The van der Waals surface area contributed by atoms with Crippen molar-refractivity contribution < 1.29 is 18.3 Å². The minimum absolute atomic E-state index is 0.0540. The van der Waals surface area contributed by atoms with E-state index in [2.05, 4.69) is 30.6 Å². The monoisotopic (exact) mass is 550 g/mol. The van der Waals surface area contributed by atoms with Crippen LogP contribution in [0.25, 0.3) is 0 Å². The number of aliphatic hydroxyl groups excluding tert-OH is 1. The molecular formula is C29H50N4O4S. The van der Waals surface area contributed by atoms with Crippen molar-refractivity contribution in [1.82, 2.24) is 19.4 Å². The van der Waals surface area contributed by atoms with Gasteiger partial charge in [-0.15, -0.1) is 0 Å². The zero-order chi connectivity index (χ0) is 28.5. The van der Waals surface area contributed by atoms with Crippen LogP contribution in [0.1, 0.15) is 52.5 Å². The molecule has 1 aliphatic heterocycles. The van der Waals surface area contributed by atoms with Crippen LogP contribution in [0, 0.1) is 11.8 Å². The van der Waals surface area contributed by atoms with Gasteiger partial charge in [-0.25, -0.2) is 8.42 Å². The van der Waals surface area contributed by atoms with Crippen LogP contribution in [0.2, 0.25) is 0 Å². The number of sulfonamides is 1. The highest BCUT2D eigenvalue weighted by molar-refractivity contribution is 7.88. The van der Waals surface area contributed by atoms with Gasteiger partial charge in [0.15, 0.2) is 0 Å². The maximum absolute atomic E-state index is 13.8. The van der Waals surface area contributed by atoms with Crippen molar-refractivity contribution in [1.29, 1.82) is 0 Å². The third-order valence-electron chi connectivity index (χ3n) is 7.49. The smallest absolute Gasteiger partial charge is 0.243 e. The molecule has 0 radical (unpaired) electrons. The molecule has 4 unspecified atom stereocenters. The first-order valence-electron chi connectivity index (χ1n) is 13.9. The Kier molecular flexibility index (Phi) is 12.7. The molecule has 1 aliphatic rings. The number of hydrogen-bond acceptors (Lipinski definition) is 6. The minimum atomic E-state index is -3.52. The number of likely N-dealkylation sites (N-methyl/N-ethyl adjacent to an activating group) is 1. The molecule has 38 heavy (non-hydrogen) atoms. The summed E-state index contributed by atoms with van der Waals surface area (Å²) < 4.78 is 26.2. The summed E-state index contributed by atoms with van der Waals surface area (Å²) >= 11 is 0. The number of nitrogens with zero attached hydrogens (tertiary/aromatic N) is 3. The second-order valence-corrected chi connectivity index (χ2v) is 13.3. The van der Waals surface area contributed by atoms with E-state index in [0.717, 1.165) is 43.6 Å². The van der Waals surface area contributed by atoms with Crippen LogP contribution in [0.4, 0.5) is 0 Å². The lowest BCUT2D eigenvalue weighted by molar-refractivity contribution is -0.128. The molecule has 1 amide bonds. The molecule has 1 heterocycles. The Morgan fingerprint density at radius 1 is 1.13 bits per heavy atom. The van der Waals surface area contributed by atoms with Gasteiger partial charge in [0.05, 0.1) is 18.4 Å². The number of benzene rings is 1. The summed E-state index contributed by atoms with van der Waals surface area (Å²) in [7, 11) is -1.60. The summed E-state index contributed by atoms with van der Waals surface area (Å²) in [6.45, 7) is 15.3. The third kappa shape index (κ3) is 9.98. The van der Waals surface area contributed by atoms with E-state index in [1.54, 1.807) is 0 Å². The first kappa shape index (κ1) is 32.3. The maximum Gasteiger partial charge on any atom is 0.243 e. The maximum atomic E-state index is 13.8. The highest BCUT2D eigenvalue weighted by atomic mass is 32.2. The van der Waals surface area contributed by atoms with Crippen molar-refractivity contribution >= 4 is 15.9 Å². The van der Waals surface area contributed by atoms with Crippen LogP contribution < -0.4 is 5.32 Å². The summed E-state index contributed by atoms with van der Waals surface area (Å²) in [4.78, 5) is 18.2. The largest absolute Gasteiger partial charge is 0.390 e. The molecule has 8 nitrogen and oxygen atoms in total. The van der Waals surface area contributed by atoms with E-state index in [-0.39, 0.29) is 24.3 Å². The summed E-state index contributed by atoms with van der Waals surface area (Å²) in [5.41, 5.74) is 1.85. The SMILES string of the molecule is C=C(CN1CCCC1)N(C)C(C(=O)NC(Cc1ccccc1)C(O)CN(CC(C)C)S(C)(=O)=O)C(C)CC. The van der Waals surface area contributed by atoms with Crippen molar-refractivity contribution in [3.8, 4) is 0 Å². The molecule has 2 rings (SSSR count). The van der Waals surface area contributed by atoms with Crippen LogP contribution in [0.3, 0.4) is 0 Å². The molecule has 0 aliphatic carbocycles. The first-order chi connectivity index (χ1) is 17.8. The van der Waals surface area contributed by atoms with Crippen molar-refractivity contribution in [3.05, 3.63) is 48.2 Å². The van der Waals surface area contributed by atoms with Gasteiger partial charge in [0, 0.05) is 32.4 Å². The summed E-state index contributed by atoms with van der Waals surface area (Å²) in [6, 6.07) is 8.53. The second-order valence-electron chi connectivity index (χ2n) is 11.3. The van der Waals surface area contributed by atoms with Crippen molar-refractivity contribution in [3.63, 3.8) is 0 Å². The lowest BCUT2D eigenvalue weighted by Gasteiger charge is -2.37. The summed E-state index contributed by atoms with van der Waals surface area (Å²) in [5, 5.41) is 14.4. The van der Waals surface area contributed by atoms with Crippen molar-refractivity contribution in [2.75, 3.05) is 46.0 Å². The Bertz CT molecular complexity index is 980. The fourth-order valence-corrected chi connectivity index (χ4v) is 6.05. The Hall–Kier alpha value is -1.94. The Balaban J connectivity index is 2.27. The fraction of sp³-hybridized carbons (Fsp3) is 0.690. The molecular weight excluding hydrogens is 500 g/mol. The quantitative estimate of drug-likeness (QED) is 0.329. The number of nitrogens with one attached hydrogen (secondary N) is 1. The molecule has 0 bridgehead atoms. The molecule has 0 saturated carbocycles. The molecule has 0 spiro atoms. The highest BCUT2D eigenvalue weighted by Gasteiger charge is 2.34. The van der Waals surface area contributed by atoms with E-state index >= 15 is 0 Å². The number of rotatable bonds is 16. The zero-order valence-corrected chi connectivity index (χ0v) is 25.1. The molecule has 0 aromatic heterocycles. The lowest BCUT2D eigenvalue weighted by atomic mass is 9.94. The summed E-state index contributed by atoms with van der Waals surface area (Å²) in [6.07, 6.45) is 3.65. The van der Waals surface area contributed by atoms with Crippen LogP contribution in [0.5, 0.6) is 0 Å². The van der Waals surface area contributed by atoms with E-state index < -0.39 is 28.2 Å². The third-order valence-corrected chi connectivity index (χ3v) is 8.73. The van der Waals surface area contributed by atoms with Crippen molar-refractivity contribution in [2.24, 2.45) is 11.8 Å². The number of amides is 1. The zero-order valence-electron chi connectivity index (χ0n) is 24.3. The van der Waals surface area contributed by atoms with E-state index in [0.29, 0.717) is 13.0 Å². The first-order valence-corrected chi connectivity index (χ1v) is 15.8. The van der Waals surface area contributed by atoms with Crippen LogP contribution in [0.15, 0.2) is 42.6 Å². The predicted octanol–water partition coefficient (Wildman–Crippen LogP) is 2.95. The predicted molar refractivity (Wildman–Crippen MR) is 155 cm³/mol. The topological polar surface area (TPSA) is 93.2 Å². The van der Waals surface area contributed by atoms with Gasteiger partial charge in [-0.3, -0.25) is 9.69 Å². The average Bonchev–Trinajstić information content (AvgIpc) is 3.35. The average molecular weight is 551 g/mol. The molecule has 1 aromatic rings. The molecule has 1 saturated heterocycles. The molecule has 1 aromatic carbocycles. The molecule has 216 valence electrons. The van der Waals surface area contributed by atoms with E-state index in [1.165, 1.54) is 17.1 Å². The van der Waals surface area contributed by atoms with Gasteiger partial charge < -0.3 is 15.3 Å². The Labute approximate surface area is 231 Å². The second kappa shape index (κ2) is 15.0. The number of carbonyl (C=O) groups excluding carboxylic acids is 1. The lowest BCUT2D eigenvalue weighted by Crippen LogP contribution is -2.56. The van der Waals surface area contributed by atoms with E-state index in [1.807, 2.05) is 56.1 Å². The van der Waals surface area contributed by atoms with Gasteiger partial charge >= 0.3 is 0 Å². The molecule has 2 N–H and O–H groups in total. The Morgan fingerprint density at radius 3 is 2.26 bits per heavy atom. The van der Waals surface area contributed by atoms with Gasteiger partial charge in [-0.2, -0.15) is 4.31 Å². The summed E-state index contributed by atoms with van der Waals surface area (Å²) in [5.74, 6) is -0.0263.